The van der Waals surface area contributed by atoms with Crippen LogP contribution in [-0.4, -0.2) is 23.2 Å². The van der Waals surface area contributed by atoms with Gasteiger partial charge in [-0.15, -0.1) is 0 Å². The topological polar surface area (TPSA) is 59.4 Å². The maximum Gasteiger partial charge on any atom is 0.335 e. The molecule has 1 aromatic heterocycles. The lowest BCUT2D eigenvalue weighted by Gasteiger charge is -2.25. The molecule has 5 heteroatoms. The molecule has 0 bridgehead atoms. The van der Waals surface area contributed by atoms with Crippen LogP contribution in [0, 0.1) is 0 Å². The van der Waals surface area contributed by atoms with Crippen molar-refractivity contribution in [3.63, 3.8) is 0 Å². The van der Waals surface area contributed by atoms with E-state index < -0.39 is 5.97 Å². The number of rotatable bonds is 6. The Labute approximate surface area is 239 Å². The van der Waals surface area contributed by atoms with Crippen molar-refractivity contribution in [2.24, 2.45) is 0 Å². The summed E-state index contributed by atoms with van der Waals surface area (Å²) < 4.78 is 5.54. The van der Waals surface area contributed by atoms with E-state index in [-0.39, 0.29) is 0 Å². The van der Waals surface area contributed by atoms with Crippen molar-refractivity contribution in [3.8, 4) is 39.3 Å². The highest BCUT2D eigenvalue weighted by atomic mass is 35.5. The number of hydrogen-bond donors (Lipinski definition) is 1. The van der Waals surface area contributed by atoms with E-state index in [0.29, 0.717) is 16.5 Å². The zero-order valence-electron chi connectivity index (χ0n) is 22.4. The number of aromatic carboxylic acids is 1. The molecule has 1 N–H and O–H groups in total. The van der Waals surface area contributed by atoms with Gasteiger partial charge < -0.3 is 9.84 Å². The first kappa shape index (κ1) is 26.1. The maximum atomic E-state index is 11.8. The fourth-order valence-electron chi connectivity index (χ4n) is 5.90. The number of carboxylic acid groups (broad SMARTS) is 1. The molecule has 0 saturated heterocycles. The van der Waals surface area contributed by atoms with Gasteiger partial charge in [-0.1, -0.05) is 67.3 Å². The lowest BCUT2D eigenvalue weighted by molar-refractivity contribution is 0.0696. The molecule has 0 spiro atoms. The van der Waals surface area contributed by atoms with Crippen molar-refractivity contribution in [1.82, 2.24) is 4.98 Å². The molecule has 1 saturated carbocycles. The monoisotopic (exact) mass is 547 g/mol. The van der Waals surface area contributed by atoms with E-state index in [9.17, 15) is 9.90 Å². The number of fused-ring (bicyclic) bond motifs is 1. The largest absolute Gasteiger partial charge is 0.497 e. The van der Waals surface area contributed by atoms with Gasteiger partial charge in [0.25, 0.3) is 0 Å². The van der Waals surface area contributed by atoms with Gasteiger partial charge in [0, 0.05) is 16.0 Å². The van der Waals surface area contributed by atoms with Crippen LogP contribution in [0.4, 0.5) is 0 Å². The predicted molar refractivity (Wildman–Crippen MR) is 162 cm³/mol. The highest BCUT2D eigenvalue weighted by Gasteiger charge is 2.21. The van der Waals surface area contributed by atoms with E-state index in [1.165, 1.54) is 19.3 Å². The molecule has 1 aliphatic carbocycles. The summed E-state index contributed by atoms with van der Waals surface area (Å²) in [5.41, 5.74) is 8.54. The molecule has 1 aliphatic rings. The summed E-state index contributed by atoms with van der Waals surface area (Å²) in [5.74, 6) is 0.276. The number of pyridine rings is 1. The quantitative estimate of drug-likeness (QED) is 0.230. The second-order valence-electron chi connectivity index (χ2n) is 10.5. The van der Waals surface area contributed by atoms with Crippen LogP contribution in [0.2, 0.25) is 5.02 Å². The molecule has 4 nitrogen and oxygen atoms in total. The number of hydrogen-bond acceptors (Lipinski definition) is 3. The SMILES string of the molecule is COc1ccc(-c2ccc(Cl)cc2)c(-c2ccc3cc(-c4ccc(C(=O)O)cc4C4CCCCC4)ccc3n2)c1. The van der Waals surface area contributed by atoms with Crippen LogP contribution in [-0.2, 0) is 0 Å². The summed E-state index contributed by atoms with van der Waals surface area (Å²) in [5, 5.41) is 11.4. The average molecular weight is 548 g/mol. The molecular formula is C35H30ClNO3. The first-order valence-corrected chi connectivity index (χ1v) is 14.1. The number of ether oxygens (including phenoxy) is 1. The highest BCUT2D eigenvalue weighted by Crippen LogP contribution is 2.40. The number of carboxylic acids is 1. The summed E-state index contributed by atoms with van der Waals surface area (Å²) in [4.78, 5) is 16.8. The summed E-state index contributed by atoms with van der Waals surface area (Å²) in [6, 6.07) is 29.9. The Morgan fingerprint density at radius 2 is 1.55 bits per heavy atom. The van der Waals surface area contributed by atoms with Gasteiger partial charge in [0.2, 0.25) is 0 Å². The number of aromatic nitrogens is 1. The molecule has 0 aliphatic heterocycles. The molecule has 0 atom stereocenters. The fraction of sp³-hybridized carbons (Fsp3) is 0.200. The minimum absolute atomic E-state index is 0.353. The van der Waals surface area contributed by atoms with Crippen LogP contribution >= 0.6 is 11.6 Å². The molecule has 200 valence electrons. The van der Waals surface area contributed by atoms with Crippen molar-refractivity contribution in [1.29, 1.82) is 0 Å². The summed E-state index contributed by atoms with van der Waals surface area (Å²) in [7, 11) is 1.67. The number of benzene rings is 4. The fourth-order valence-corrected chi connectivity index (χ4v) is 6.02. The summed E-state index contributed by atoms with van der Waals surface area (Å²) in [6.45, 7) is 0. The second-order valence-corrected chi connectivity index (χ2v) is 10.9. The van der Waals surface area contributed by atoms with Crippen LogP contribution in [0.15, 0.2) is 91.0 Å². The van der Waals surface area contributed by atoms with Gasteiger partial charge >= 0.3 is 5.97 Å². The van der Waals surface area contributed by atoms with Crippen molar-refractivity contribution in [2.45, 2.75) is 38.0 Å². The third-order valence-electron chi connectivity index (χ3n) is 8.00. The Balaban J connectivity index is 1.42. The third-order valence-corrected chi connectivity index (χ3v) is 8.25. The van der Waals surface area contributed by atoms with Crippen LogP contribution < -0.4 is 4.74 Å². The zero-order chi connectivity index (χ0) is 27.6. The van der Waals surface area contributed by atoms with Crippen LogP contribution in [0.25, 0.3) is 44.4 Å². The molecule has 5 aromatic rings. The van der Waals surface area contributed by atoms with E-state index >= 15 is 0 Å². The van der Waals surface area contributed by atoms with E-state index in [1.54, 1.807) is 13.2 Å². The van der Waals surface area contributed by atoms with E-state index in [4.69, 9.17) is 21.3 Å². The smallest absolute Gasteiger partial charge is 0.335 e. The second kappa shape index (κ2) is 11.1. The van der Waals surface area contributed by atoms with Crippen molar-refractivity contribution in [3.05, 3.63) is 107 Å². The Bertz CT molecular complexity index is 1700. The minimum Gasteiger partial charge on any atom is -0.497 e. The first-order chi connectivity index (χ1) is 19.5. The van der Waals surface area contributed by atoms with Gasteiger partial charge in [-0.25, -0.2) is 9.78 Å². The Morgan fingerprint density at radius 1 is 0.800 bits per heavy atom. The molecule has 0 radical (unpaired) electrons. The van der Waals surface area contributed by atoms with Crippen LogP contribution in [0.5, 0.6) is 5.75 Å². The van der Waals surface area contributed by atoms with Gasteiger partial charge in [-0.2, -0.15) is 0 Å². The lowest BCUT2D eigenvalue weighted by Crippen LogP contribution is -2.08. The standard InChI is InChI=1S/C35H30ClNO3/c1-40-28-14-16-29(23-7-12-27(36)13-8-23)32(21-28)34-18-11-25-19-24(10-17-33(25)37-34)30-15-9-26(35(38)39)20-31(30)22-5-3-2-4-6-22/h7-22H,2-6H2,1H3,(H,38,39). The van der Waals surface area contributed by atoms with Gasteiger partial charge in [0.1, 0.15) is 5.75 Å². The molecular weight excluding hydrogens is 518 g/mol. The van der Waals surface area contributed by atoms with E-state index in [0.717, 1.165) is 68.6 Å². The van der Waals surface area contributed by atoms with E-state index in [1.807, 2.05) is 48.5 Å². The van der Waals surface area contributed by atoms with Gasteiger partial charge in [0.15, 0.2) is 0 Å². The maximum absolute atomic E-state index is 11.8. The number of methoxy groups -OCH3 is 1. The Hall–Kier alpha value is -4.15. The lowest BCUT2D eigenvalue weighted by atomic mass is 9.80. The molecule has 1 fully saturated rings. The van der Waals surface area contributed by atoms with Gasteiger partial charge in [0.05, 0.1) is 23.9 Å². The number of carbonyl (C=O) groups is 1. The van der Waals surface area contributed by atoms with Crippen molar-refractivity contribution >= 4 is 28.5 Å². The molecule has 6 rings (SSSR count). The van der Waals surface area contributed by atoms with Crippen molar-refractivity contribution < 1.29 is 14.6 Å². The van der Waals surface area contributed by atoms with Gasteiger partial charge in [-0.05, 0) is 101 Å². The molecule has 0 amide bonds. The number of halogens is 1. The number of nitrogens with zero attached hydrogens (tertiary/aromatic N) is 1. The predicted octanol–water partition coefficient (Wildman–Crippen LogP) is 9.64. The van der Waals surface area contributed by atoms with Crippen LogP contribution in [0.3, 0.4) is 0 Å². The first-order valence-electron chi connectivity index (χ1n) is 13.7. The molecule has 40 heavy (non-hydrogen) atoms. The summed E-state index contributed by atoms with van der Waals surface area (Å²) in [6.07, 6.45) is 5.83. The Kier molecular flexibility index (Phi) is 7.27. The zero-order valence-corrected chi connectivity index (χ0v) is 23.1. The summed E-state index contributed by atoms with van der Waals surface area (Å²) >= 11 is 6.14. The molecule has 4 aromatic carbocycles. The molecule has 0 unspecified atom stereocenters. The highest BCUT2D eigenvalue weighted by molar-refractivity contribution is 6.30. The third kappa shape index (κ3) is 5.20. The normalized spacial score (nSPS) is 13.8. The van der Waals surface area contributed by atoms with Gasteiger partial charge in [-0.3, -0.25) is 0 Å². The average Bonchev–Trinajstić information content (AvgIpc) is 3.01. The van der Waals surface area contributed by atoms with E-state index in [2.05, 4.69) is 36.4 Å². The molecule has 1 heterocycles. The van der Waals surface area contributed by atoms with Crippen molar-refractivity contribution in [2.75, 3.05) is 7.11 Å². The van der Waals surface area contributed by atoms with Crippen LogP contribution in [0.1, 0.15) is 53.9 Å². The minimum atomic E-state index is -0.880. The Morgan fingerprint density at radius 3 is 2.30 bits per heavy atom.